The molecule has 0 rings (SSSR count). The Kier molecular flexibility index (Phi) is 9.82. The van der Waals surface area contributed by atoms with Crippen LogP contribution < -0.4 is 5.32 Å². The molecule has 0 aliphatic heterocycles. The highest BCUT2D eigenvalue weighted by molar-refractivity contribution is 4.47. The van der Waals surface area contributed by atoms with Crippen LogP contribution in [0, 0.1) is 5.92 Å². The number of hydrogen-bond acceptors (Lipinski definition) is 2. The van der Waals surface area contributed by atoms with Crippen LogP contribution >= 0.6 is 0 Å². The summed E-state index contributed by atoms with van der Waals surface area (Å²) in [5, 5.41) is 3.15. The first kappa shape index (κ1) is 12.8. The predicted octanol–water partition coefficient (Wildman–Crippen LogP) is 2.00. The third kappa shape index (κ3) is 11.9. The summed E-state index contributed by atoms with van der Waals surface area (Å²) in [6.07, 6.45) is 1.63. The average Bonchev–Trinajstić information content (AvgIpc) is 2.09. The van der Waals surface area contributed by atoms with Crippen LogP contribution in [0.1, 0.15) is 26.7 Å². The molecule has 0 aliphatic carbocycles. The number of ether oxygens (including phenoxy) is 1. The molecule has 2 nitrogen and oxygen atoms in total. The van der Waals surface area contributed by atoms with Gasteiger partial charge in [0.1, 0.15) is 0 Å². The summed E-state index contributed by atoms with van der Waals surface area (Å²) in [6, 6.07) is 0. The second-order valence-electron chi connectivity index (χ2n) is 3.61. The largest absolute Gasteiger partial charge is 0.381 e. The molecular weight excluding hydrogens is 169 g/mol. The molecule has 0 amide bonds. The highest BCUT2D eigenvalue weighted by atomic mass is 19.1. The SMILES string of the molecule is CC(C)COCCCNCCCF. The topological polar surface area (TPSA) is 21.3 Å². The van der Waals surface area contributed by atoms with Crippen molar-refractivity contribution in [2.24, 2.45) is 5.92 Å². The summed E-state index contributed by atoms with van der Waals surface area (Å²) >= 11 is 0. The Morgan fingerprint density at radius 1 is 1.23 bits per heavy atom. The lowest BCUT2D eigenvalue weighted by Gasteiger charge is -2.06. The van der Waals surface area contributed by atoms with E-state index in [9.17, 15) is 4.39 Å². The Balaban J connectivity index is 2.84. The molecule has 0 fully saturated rings. The van der Waals surface area contributed by atoms with Crippen molar-refractivity contribution in [1.82, 2.24) is 5.32 Å². The summed E-state index contributed by atoms with van der Waals surface area (Å²) < 4.78 is 17.0. The average molecular weight is 191 g/mol. The summed E-state index contributed by atoms with van der Waals surface area (Å²) in [7, 11) is 0. The van der Waals surface area contributed by atoms with Crippen molar-refractivity contribution in [3.63, 3.8) is 0 Å². The Bertz CT molecular complexity index is 98.9. The first-order chi connectivity index (χ1) is 6.27. The van der Waals surface area contributed by atoms with Gasteiger partial charge in [-0.05, 0) is 31.8 Å². The van der Waals surface area contributed by atoms with Crippen molar-refractivity contribution in [3.8, 4) is 0 Å². The first-order valence-electron chi connectivity index (χ1n) is 5.11. The lowest BCUT2D eigenvalue weighted by Crippen LogP contribution is -2.18. The van der Waals surface area contributed by atoms with Gasteiger partial charge >= 0.3 is 0 Å². The maximum atomic E-state index is 11.6. The highest BCUT2D eigenvalue weighted by Gasteiger charge is 1.93. The molecule has 0 spiro atoms. The van der Waals surface area contributed by atoms with Gasteiger partial charge in [0.2, 0.25) is 0 Å². The maximum Gasteiger partial charge on any atom is 0.0906 e. The number of alkyl halides is 1. The smallest absolute Gasteiger partial charge is 0.0906 e. The molecule has 80 valence electrons. The van der Waals surface area contributed by atoms with E-state index in [1.54, 1.807) is 0 Å². The molecule has 13 heavy (non-hydrogen) atoms. The minimum atomic E-state index is -0.225. The number of hydrogen-bond donors (Lipinski definition) is 1. The van der Waals surface area contributed by atoms with Crippen molar-refractivity contribution < 1.29 is 9.13 Å². The molecular formula is C10H22FNO. The van der Waals surface area contributed by atoms with Gasteiger partial charge in [0.25, 0.3) is 0 Å². The molecule has 0 radical (unpaired) electrons. The quantitative estimate of drug-likeness (QED) is 0.563. The number of nitrogens with one attached hydrogen (secondary N) is 1. The van der Waals surface area contributed by atoms with E-state index in [2.05, 4.69) is 19.2 Å². The minimum Gasteiger partial charge on any atom is -0.381 e. The second kappa shape index (κ2) is 9.93. The van der Waals surface area contributed by atoms with E-state index >= 15 is 0 Å². The second-order valence-corrected chi connectivity index (χ2v) is 3.61. The fourth-order valence-electron chi connectivity index (χ4n) is 0.935. The van der Waals surface area contributed by atoms with Gasteiger partial charge in [0.05, 0.1) is 6.67 Å². The van der Waals surface area contributed by atoms with Crippen LogP contribution in [0.25, 0.3) is 0 Å². The summed E-state index contributed by atoms with van der Waals surface area (Å²) in [4.78, 5) is 0. The van der Waals surface area contributed by atoms with Crippen molar-refractivity contribution in [2.75, 3.05) is 33.0 Å². The van der Waals surface area contributed by atoms with Gasteiger partial charge in [0, 0.05) is 13.2 Å². The van der Waals surface area contributed by atoms with Gasteiger partial charge in [-0.15, -0.1) is 0 Å². The summed E-state index contributed by atoms with van der Waals surface area (Å²) in [5.41, 5.74) is 0. The van der Waals surface area contributed by atoms with Crippen LogP contribution in [0.2, 0.25) is 0 Å². The maximum absolute atomic E-state index is 11.6. The number of halogens is 1. The Hall–Kier alpha value is -0.150. The normalized spacial score (nSPS) is 11.1. The predicted molar refractivity (Wildman–Crippen MR) is 53.7 cm³/mol. The fraction of sp³-hybridized carbons (Fsp3) is 1.00. The molecule has 0 aromatic heterocycles. The number of rotatable bonds is 9. The van der Waals surface area contributed by atoms with E-state index in [0.29, 0.717) is 12.3 Å². The van der Waals surface area contributed by atoms with Gasteiger partial charge in [0.15, 0.2) is 0 Å². The molecule has 1 N–H and O–H groups in total. The van der Waals surface area contributed by atoms with Crippen molar-refractivity contribution in [3.05, 3.63) is 0 Å². The molecule has 0 aromatic rings. The van der Waals surface area contributed by atoms with E-state index in [0.717, 1.165) is 32.7 Å². The standard InChI is InChI=1S/C10H22FNO/c1-10(2)9-13-8-4-7-12-6-3-5-11/h10,12H,3-9H2,1-2H3. The van der Waals surface area contributed by atoms with Gasteiger partial charge in [-0.3, -0.25) is 4.39 Å². The van der Waals surface area contributed by atoms with E-state index in [1.165, 1.54) is 0 Å². The zero-order valence-electron chi connectivity index (χ0n) is 8.81. The van der Waals surface area contributed by atoms with Crippen LogP contribution in [0.15, 0.2) is 0 Å². The molecule has 0 atom stereocenters. The van der Waals surface area contributed by atoms with E-state index in [-0.39, 0.29) is 6.67 Å². The summed E-state index contributed by atoms with van der Waals surface area (Å²) in [6.45, 7) is 7.40. The zero-order chi connectivity index (χ0) is 9.94. The Morgan fingerprint density at radius 2 is 1.92 bits per heavy atom. The summed E-state index contributed by atoms with van der Waals surface area (Å²) in [5.74, 6) is 0.611. The van der Waals surface area contributed by atoms with Crippen molar-refractivity contribution in [1.29, 1.82) is 0 Å². The van der Waals surface area contributed by atoms with Crippen LogP contribution in [0.4, 0.5) is 4.39 Å². The van der Waals surface area contributed by atoms with Gasteiger partial charge in [-0.1, -0.05) is 13.8 Å². The molecule has 0 bridgehead atoms. The van der Waals surface area contributed by atoms with Crippen molar-refractivity contribution in [2.45, 2.75) is 26.7 Å². The molecule has 3 heteroatoms. The third-order valence-electron chi connectivity index (χ3n) is 1.58. The zero-order valence-corrected chi connectivity index (χ0v) is 8.81. The van der Waals surface area contributed by atoms with Gasteiger partial charge in [-0.2, -0.15) is 0 Å². The molecule has 0 aromatic carbocycles. The Morgan fingerprint density at radius 3 is 2.54 bits per heavy atom. The van der Waals surface area contributed by atoms with Gasteiger partial charge in [-0.25, -0.2) is 0 Å². The van der Waals surface area contributed by atoms with Crippen LogP contribution in [-0.4, -0.2) is 33.0 Å². The van der Waals surface area contributed by atoms with Crippen molar-refractivity contribution >= 4 is 0 Å². The Labute approximate surface area is 80.9 Å². The van der Waals surface area contributed by atoms with Crippen LogP contribution in [-0.2, 0) is 4.74 Å². The third-order valence-corrected chi connectivity index (χ3v) is 1.58. The minimum absolute atomic E-state index is 0.225. The molecule has 0 saturated carbocycles. The van der Waals surface area contributed by atoms with Crippen LogP contribution in [0.3, 0.4) is 0 Å². The van der Waals surface area contributed by atoms with Crippen LogP contribution in [0.5, 0.6) is 0 Å². The van der Waals surface area contributed by atoms with E-state index < -0.39 is 0 Å². The highest BCUT2D eigenvalue weighted by Crippen LogP contribution is 1.92. The van der Waals surface area contributed by atoms with E-state index in [4.69, 9.17) is 4.74 Å². The van der Waals surface area contributed by atoms with E-state index in [1.807, 2.05) is 0 Å². The molecule has 0 aliphatic rings. The monoisotopic (exact) mass is 191 g/mol. The molecule has 0 unspecified atom stereocenters. The molecule has 0 saturated heterocycles. The fourth-order valence-corrected chi connectivity index (χ4v) is 0.935. The molecule has 0 heterocycles. The van der Waals surface area contributed by atoms with Gasteiger partial charge < -0.3 is 10.1 Å². The lowest BCUT2D eigenvalue weighted by atomic mass is 10.2. The lowest BCUT2D eigenvalue weighted by molar-refractivity contribution is 0.108. The first-order valence-corrected chi connectivity index (χ1v) is 5.11.